The third kappa shape index (κ3) is 4.42. The van der Waals surface area contributed by atoms with Crippen LogP contribution in [0.1, 0.15) is 13.3 Å². The van der Waals surface area contributed by atoms with Gasteiger partial charge in [0, 0.05) is 36.5 Å². The van der Waals surface area contributed by atoms with Crippen molar-refractivity contribution < 1.29 is 28.5 Å². The van der Waals surface area contributed by atoms with Gasteiger partial charge in [-0.05, 0) is 31.2 Å². The molecule has 8 heteroatoms. The van der Waals surface area contributed by atoms with Crippen molar-refractivity contribution in [3.63, 3.8) is 0 Å². The first-order chi connectivity index (χ1) is 14.5. The van der Waals surface area contributed by atoms with E-state index >= 15 is 0 Å². The lowest BCUT2D eigenvalue weighted by Gasteiger charge is -2.18. The fourth-order valence-electron chi connectivity index (χ4n) is 3.42. The standard InChI is InChI=1S/C22H26N2O6/c1-5-30-17-8-6-16(7-9-17)24-13-14(10-20(24)25)22(26)23-15-11-18(27-2)21(29-4)19(12-15)28-3/h6-9,11-12,14H,5,10,13H2,1-4H3,(H,23,26). The second kappa shape index (κ2) is 9.39. The number of carbonyl (C=O) groups is 2. The molecule has 0 radical (unpaired) electrons. The monoisotopic (exact) mass is 414 g/mol. The van der Waals surface area contributed by atoms with Crippen LogP contribution in [0.5, 0.6) is 23.0 Å². The van der Waals surface area contributed by atoms with Crippen LogP contribution < -0.4 is 29.2 Å². The Morgan fingerprint density at radius 1 is 1.07 bits per heavy atom. The Labute approximate surface area is 175 Å². The number of amides is 2. The van der Waals surface area contributed by atoms with E-state index in [4.69, 9.17) is 18.9 Å². The third-order valence-corrected chi connectivity index (χ3v) is 4.89. The highest BCUT2D eigenvalue weighted by atomic mass is 16.5. The average Bonchev–Trinajstić information content (AvgIpc) is 3.15. The molecule has 1 heterocycles. The number of ether oxygens (including phenoxy) is 4. The summed E-state index contributed by atoms with van der Waals surface area (Å²) < 4.78 is 21.4. The Hall–Kier alpha value is -3.42. The van der Waals surface area contributed by atoms with Crippen molar-refractivity contribution in [3.05, 3.63) is 36.4 Å². The van der Waals surface area contributed by atoms with Gasteiger partial charge in [-0.2, -0.15) is 0 Å². The molecule has 0 bridgehead atoms. The summed E-state index contributed by atoms with van der Waals surface area (Å²) in [4.78, 5) is 26.9. The SMILES string of the molecule is CCOc1ccc(N2CC(C(=O)Nc3cc(OC)c(OC)c(OC)c3)CC2=O)cc1. The van der Waals surface area contributed by atoms with Gasteiger partial charge in [0.1, 0.15) is 5.75 Å². The molecule has 8 nitrogen and oxygen atoms in total. The predicted octanol–water partition coefficient (Wildman–Crippen LogP) is 3.10. The van der Waals surface area contributed by atoms with Gasteiger partial charge in [-0.3, -0.25) is 9.59 Å². The number of nitrogens with one attached hydrogen (secondary N) is 1. The number of nitrogens with zero attached hydrogens (tertiary/aromatic N) is 1. The van der Waals surface area contributed by atoms with E-state index in [0.717, 1.165) is 11.4 Å². The van der Waals surface area contributed by atoms with Gasteiger partial charge in [-0.1, -0.05) is 0 Å². The third-order valence-electron chi connectivity index (χ3n) is 4.89. The van der Waals surface area contributed by atoms with Crippen LogP contribution >= 0.6 is 0 Å². The highest BCUT2D eigenvalue weighted by Crippen LogP contribution is 2.40. The van der Waals surface area contributed by atoms with Crippen LogP contribution in [-0.2, 0) is 9.59 Å². The molecule has 160 valence electrons. The lowest BCUT2D eigenvalue weighted by molar-refractivity contribution is -0.122. The van der Waals surface area contributed by atoms with Gasteiger partial charge in [0.2, 0.25) is 17.6 Å². The van der Waals surface area contributed by atoms with Crippen LogP contribution in [0, 0.1) is 5.92 Å². The molecule has 2 aromatic carbocycles. The molecule has 1 saturated heterocycles. The maximum atomic E-state index is 12.8. The minimum atomic E-state index is -0.469. The van der Waals surface area contributed by atoms with Crippen molar-refractivity contribution in [1.29, 1.82) is 0 Å². The second-order valence-corrected chi connectivity index (χ2v) is 6.74. The van der Waals surface area contributed by atoms with Crippen molar-refractivity contribution in [1.82, 2.24) is 0 Å². The van der Waals surface area contributed by atoms with E-state index in [1.54, 1.807) is 17.0 Å². The van der Waals surface area contributed by atoms with E-state index in [1.165, 1.54) is 21.3 Å². The first-order valence-corrected chi connectivity index (χ1v) is 9.64. The molecule has 30 heavy (non-hydrogen) atoms. The van der Waals surface area contributed by atoms with Gasteiger partial charge in [-0.15, -0.1) is 0 Å². The van der Waals surface area contributed by atoms with Crippen LogP contribution in [0.3, 0.4) is 0 Å². The minimum Gasteiger partial charge on any atom is -0.494 e. The lowest BCUT2D eigenvalue weighted by Crippen LogP contribution is -2.28. The summed E-state index contributed by atoms with van der Waals surface area (Å²) in [5.74, 6) is 1.25. The van der Waals surface area contributed by atoms with Gasteiger partial charge in [0.15, 0.2) is 11.5 Å². The van der Waals surface area contributed by atoms with E-state index in [9.17, 15) is 9.59 Å². The molecule has 1 aliphatic heterocycles. The van der Waals surface area contributed by atoms with Gasteiger partial charge < -0.3 is 29.2 Å². The number of hydrogen-bond acceptors (Lipinski definition) is 6. The quantitative estimate of drug-likeness (QED) is 0.714. The smallest absolute Gasteiger partial charge is 0.229 e. The zero-order valence-electron chi connectivity index (χ0n) is 17.6. The molecule has 0 aliphatic carbocycles. The molecule has 1 atom stereocenters. The van der Waals surface area contributed by atoms with E-state index in [1.807, 2.05) is 31.2 Å². The highest BCUT2D eigenvalue weighted by molar-refractivity contribution is 6.03. The summed E-state index contributed by atoms with van der Waals surface area (Å²) in [6.45, 7) is 2.79. The molecule has 0 saturated carbocycles. The van der Waals surface area contributed by atoms with Crippen LogP contribution in [-0.4, -0.2) is 46.3 Å². The van der Waals surface area contributed by atoms with Gasteiger partial charge in [0.25, 0.3) is 0 Å². The first-order valence-electron chi connectivity index (χ1n) is 9.64. The van der Waals surface area contributed by atoms with E-state index in [-0.39, 0.29) is 18.2 Å². The van der Waals surface area contributed by atoms with Crippen LogP contribution in [0.15, 0.2) is 36.4 Å². The fraction of sp³-hybridized carbons (Fsp3) is 0.364. The fourth-order valence-corrected chi connectivity index (χ4v) is 3.42. The van der Waals surface area contributed by atoms with E-state index < -0.39 is 5.92 Å². The summed E-state index contributed by atoms with van der Waals surface area (Å²) in [7, 11) is 4.53. The van der Waals surface area contributed by atoms with Gasteiger partial charge in [-0.25, -0.2) is 0 Å². The molecule has 1 aliphatic rings. The van der Waals surface area contributed by atoms with Crippen molar-refractivity contribution in [2.75, 3.05) is 44.7 Å². The van der Waals surface area contributed by atoms with E-state index in [0.29, 0.717) is 36.1 Å². The summed E-state index contributed by atoms with van der Waals surface area (Å²) >= 11 is 0. The first kappa shape index (κ1) is 21.3. The highest BCUT2D eigenvalue weighted by Gasteiger charge is 2.35. The number of hydrogen-bond donors (Lipinski definition) is 1. The predicted molar refractivity (Wildman–Crippen MR) is 113 cm³/mol. The molecule has 1 fully saturated rings. The normalized spacial score (nSPS) is 15.7. The van der Waals surface area contributed by atoms with Crippen molar-refractivity contribution in [2.24, 2.45) is 5.92 Å². The van der Waals surface area contributed by atoms with Gasteiger partial charge >= 0.3 is 0 Å². The van der Waals surface area contributed by atoms with Crippen molar-refractivity contribution in [2.45, 2.75) is 13.3 Å². The molecule has 0 spiro atoms. The Morgan fingerprint density at radius 2 is 1.70 bits per heavy atom. The minimum absolute atomic E-state index is 0.0933. The van der Waals surface area contributed by atoms with Crippen LogP contribution in [0.25, 0.3) is 0 Å². The number of carbonyl (C=O) groups excluding carboxylic acids is 2. The Morgan fingerprint density at radius 3 is 2.23 bits per heavy atom. The Balaban J connectivity index is 1.71. The largest absolute Gasteiger partial charge is 0.494 e. The molecular weight excluding hydrogens is 388 g/mol. The number of benzene rings is 2. The summed E-state index contributed by atoms with van der Waals surface area (Å²) in [6.07, 6.45) is 0.142. The van der Waals surface area contributed by atoms with Crippen molar-refractivity contribution in [3.8, 4) is 23.0 Å². The van der Waals surface area contributed by atoms with Gasteiger partial charge in [0.05, 0.1) is 33.9 Å². The zero-order chi connectivity index (χ0) is 21.7. The molecule has 1 unspecified atom stereocenters. The Bertz CT molecular complexity index is 887. The Kier molecular flexibility index (Phi) is 6.66. The topological polar surface area (TPSA) is 86.3 Å². The summed E-state index contributed by atoms with van der Waals surface area (Å²) in [5.41, 5.74) is 1.24. The zero-order valence-corrected chi connectivity index (χ0v) is 17.6. The molecular formula is C22H26N2O6. The second-order valence-electron chi connectivity index (χ2n) is 6.74. The maximum Gasteiger partial charge on any atom is 0.229 e. The molecule has 2 amide bonds. The van der Waals surface area contributed by atoms with Crippen LogP contribution in [0.4, 0.5) is 11.4 Å². The average molecular weight is 414 g/mol. The lowest BCUT2D eigenvalue weighted by atomic mass is 10.1. The number of anilines is 2. The molecule has 3 rings (SSSR count). The number of rotatable bonds is 8. The van der Waals surface area contributed by atoms with Crippen LogP contribution in [0.2, 0.25) is 0 Å². The maximum absolute atomic E-state index is 12.8. The summed E-state index contributed by atoms with van der Waals surface area (Å²) in [6, 6.07) is 10.6. The molecule has 2 aromatic rings. The van der Waals surface area contributed by atoms with Crippen molar-refractivity contribution >= 4 is 23.2 Å². The summed E-state index contributed by atoms with van der Waals surface area (Å²) in [5, 5.41) is 2.85. The molecule has 0 aromatic heterocycles. The van der Waals surface area contributed by atoms with E-state index in [2.05, 4.69) is 5.32 Å². The molecule has 1 N–H and O–H groups in total. The number of methoxy groups -OCH3 is 3.